The molecule has 3 rings (SSSR count). The van der Waals surface area contributed by atoms with Gasteiger partial charge in [0, 0.05) is 12.6 Å². The molecular weight excluding hydrogens is 226 g/mol. The van der Waals surface area contributed by atoms with Crippen molar-refractivity contribution in [3.05, 3.63) is 53.6 Å². The Morgan fingerprint density at radius 3 is 2.61 bits per heavy atom. The van der Waals surface area contributed by atoms with Crippen LogP contribution in [-0.2, 0) is 4.79 Å². The third-order valence-corrected chi connectivity index (χ3v) is 3.21. The van der Waals surface area contributed by atoms with E-state index in [0.717, 1.165) is 22.3 Å². The van der Waals surface area contributed by atoms with Crippen LogP contribution in [0.1, 0.15) is 24.2 Å². The van der Waals surface area contributed by atoms with Gasteiger partial charge in [0.2, 0.25) is 5.91 Å². The number of carbonyl (C=O) groups excluding carboxylic acids is 1. The largest absolute Gasteiger partial charge is 0.384 e. The minimum Gasteiger partial charge on any atom is -0.384 e. The molecule has 0 aromatic heterocycles. The van der Waals surface area contributed by atoms with Crippen molar-refractivity contribution in [2.45, 2.75) is 13.0 Å². The molecule has 1 amide bonds. The van der Waals surface area contributed by atoms with E-state index in [4.69, 9.17) is 0 Å². The SMILES string of the molecule is CC(=O)Nc1ccc2c(c1)C(O)c1ccccc1-2. The smallest absolute Gasteiger partial charge is 0.221 e. The molecule has 0 spiro atoms. The van der Waals surface area contributed by atoms with Crippen LogP contribution in [0.25, 0.3) is 11.1 Å². The quantitative estimate of drug-likeness (QED) is 0.803. The van der Waals surface area contributed by atoms with E-state index < -0.39 is 6.10 Å². The minimum atomic E-state index is -0.607. The van der Waals surface area contributed by atoms with Crippen molar-refractivity contribution in [2.75, 3.05) is 5.32 Å². The second-order valence-corrected chi connectivity index (χ2v) is 4.47. The van der Waals surface area contributed by atoms with E-state index in [-0.39, 0.29) is 5.91 Å². The van der Waals surface area contributed by atoms with E-state index in [1.165, 1.54) is 6.92 Å². The monoisotopic (exact) mass is 239 g/mol. The molecule has 90 valence electrons. The molecule has 2 aromatic carbocycles. The second kappa shape index (κ2) is 3.96. The van der Waals surface area contributed by atoms with Crippen LogP contribution in [0, 0.1) is 0 Å². The lowest BCUT2D eigenvalue weighted by molar-refractivity contribution is -0.114. The van der Waals surface area contributed by atoms with Crippen LogP contribution in [0.2, 0.25) is 0 Å². The van der Waals surface area contributed by atoms with Crippen LogP contribution in [0.5, 0.6) is 0 Å². The van der Waals surface area contributed by atoms with Crippen LogP contribution in [-0.4, -0.2) is 11.0 Å². The molecule has 0 saturated carbocycles. The van der Waals surface area contributed by atoms with Gasteiger partial charge < -0.3 is 10.4 Å². The number of amides is 1. The molecule has 2 aromatic rings. The molecule has 0 fully saturated rings. The number of rotatable bonds is 1. The number of hydrogen-bond acceptors (Lipinski definition) is 2. The topological polar surface area (TPSA) is 49.3 Å². The van der Waals surface area contributed by atoms with Gasteiger partial charge in [-0.1, -0.05) is 30.3 Å². The Morgan fingerprint density at radius 1 is 1.11 bits per heavy atom. The molecule has 0 radical (unpaired) electrons. The zero-order chi connectivity index (χ0) is 12.7. The van der Waals surface area contributed by atoms with Gasteiger partial charge in [-0.2, -0.15) is 0 Å². The third-order valence-electron chi connectivity index (χ3n) is 3.21. The zero-order valence-corrected chi connectivity index (χ0v) is 9.97. The van der Waals surface area contributed by atoms with Crippen molar-refractivity contribution < 1.29 is 9.90 Å². The average Bonchev–Trinajstić information content (AvgIpc) is 2.63. The molecule has 1 aliphatic carbocycles. The molecule has 3 heteroatoms. The van der Waals surface area contributed by atoms with Crippen LogP contribution in [0.15, 0.2) is 42.5 Å². The summed E-state index contributed by atoms with van der Waals surface area (Å²) in [6, 6.07) is 13.4. The number of nitrogens with one attached hydrogen (secondary N) is 1. The van der Waals surface area contributed by atoms with Gasteiger partial charge in [-0.3, -0.25) is 4.79 Å². The van der Waals surface area contributed by atoms with Gasteiger partial charge in [0.1, 0.15) is 6.10 Å². The number of aliphatic hydroxyl groups excluding tert-OH is 1. The number of benzene rings is 2. The number of hydrogen-bond donors (Lipinski definition) is 2. The number of aliphatic hydroxyl groups is 1. The fourth-order valence-corrected chi connectivity index (χ4v) is 2.46. The number of carbonyl (C=O) groups is 1. The van der Waals surface area contributed by atoms with E-state index in [2.05, 4.69) is 5.32 Å². The van der Waals surface area contributed by atoms with E-state index in [1.807, 2.05) is 42.5 Å². The highest BCUT2D eigenvalue weighted by Crippen LogP contribution is 2.43. The van der Waals surface area contributed by atoms with Crippen molar-refractivity contribution >= 4 is 11.6 Å². The first-order valence-electron chi connectivity index (χ1n) is 5.86. The van der Waals surface area contributed by atoms with Crippen molar-refractivity contribution in [1.82, 2.24) is 0 Å². The van der Waals surface area contributed by atoms with Gasteiger partial charge in [-0.15, -0.1) is 0 Å². The van der Waals surface area contributed by atoms with Gasteiger partial charge in [-0.25, -0.2) is 0 Å². The molecule has 0 saturated heterocycles. The molecule has 2 N–H and O–H groups in total. The number of anilines is 1. The summed E-state index contributed by atoms with van der Waals surface area (Å²) in [6.45, 7) is 1.47. The molecule has 1 unspecified atom stereocenters. The Bertz CT molecular complexity index is 634. The van der Waals surface area contributed by atoms with Crippen LogP contribution in [0.3, 0.4) is 0 Å². The maximum absolute atomic E-state index is 11.0. The fraction of sp³-hybridized carbons (Fsp3) is 0.133. The maximum atomic E-state index is 11.0. The molecule has 3 nitrogen and oxygen atoms in total. The van der Waals surface area contributed by atoms with E-state index >= 15 is 0 Å². The Kier molecular flexibility index (Phi) is 2.42. The van der Waals surface area contributed by atoms with Gasteiger partial charge in [0.25, 0.3) is 0 Å². The first-order chi connectivity index (χ1) is 8.66. The molecular formula is C15H13NO2. The predicted octanol–water partition coefficient (Wildman–Crippen LogP) is 2.71. The standard InChI is InChI=1S/C15H13NO2/c1-9(17)16-10-6-7-12-11-4-2-3-5-13(11)15(18)14(12)8-10/h2-8,15,18H,1H3,(H,16,17). The summed E-state index contributed by atoms with van der Waals surface area (Å²) < 4.78 is 0. The molecule has 1 aliphatic rings. The normalized spacial score (nSPS) is 16.0. The summed E-state index contributed by atoms with van der Waals surface area (Å²) in [5.41, 5.74) is 4.59. The Balaban J connectivity index is 2.10. The molecule has 1 atom stereocenters. The first-order valence-corrected chi connectivity index (χ1v) is 5.86. The summed E-state index contributed by atoms with van der Waals surface area (Å²) >= 11 is 0. The highest BCUT2D eigenvalue weighted by molar-refractivity contribution is 5.90. The Hall–Kier alpha value is -2.13. The lowest BCUT2D eigenvalue weighted by atomic mass is 10.1. The fourth-order valence-electron chi connectivity index (χ4n) is 2.46. The summed E-state index contributed by atoms with van der Waals surface area (Å²) in [4.78, 5) is 11.0. The zero-order valence-electron chi connectivity index (χ0n) is 9.97. The van der Waals surface area contributed by atoms with Crippen molar-refractivity contribution in [2.24, 2.45) is 0 Å². The molecule has 18 heavy (non-hydrogen) atoms. The van der Waals surface area contributed by atoms with E-state index in [1.54, 1.807) is 0 Å². The van der Waals surface area contributed by atoms with Crippen molar-refractivity contribution in [3.63, 3.8) is 0 Å². The lowest BCUT2D eigenvalue weighted by Gasteiger charge is -2.08. The summed E-state index contributed by atoms with van der Waals surface area (Å²) in [7, 11) is 0. The minimum absolute atomic E-state index is 0.111. The van der Waals surface area contributed by atoms with Crippen LogP contribution in [0.4, 0.5) is 5.69 Å². The average molecular weight is 239 g/mol. The highest BCUT2D eigenvalue weighted by Gasteiger charge is 2.26. The highest BCUT2D eigenvalue weighted by atomic mass is 16.3. The molecule has 0 bridgehead atoms. The number of fused-ring (bicyclic) bond motifs is 3. The van der Waals surface area contributed by atoms with E-state index in [9.17, 15) is 9.90 Å². The lowest BCUT2D eigenvalue weighted by Crippen LogP contribution is -2.06. The maximum Gasteiger partial charge on any atom is 0.221 e. The summed E-state index contributed by atoms with van der Waals surface area (Å²) in [5, 5.41) is 13.0. The summed E-state index contributed by atoms with van der Waals surface area (Å²) in [6.07, 6.45) is -0.607. The third kappa shape index (κ3) is 1.60. The van der Waals surface area contributed by atoms with Gasteiger partial charge >= 0.3 is 0 Å². The molecule has 0 aliphatic heterocycles. The van der Waals surface area contributed by atoms with E-state index in [0.29, 0.717) is 5.69 Å². The predicted molar refractivity (Wildman–Crippen MR) is 70.2 cm³/mol. The van der Waals surface area contributed by atoms with Gasteiger partial charge in [0.15, 0.2) is 0 Å². The van der Waals surface area contributed by atoms with Crippen LogP contribution >= 0.6 is 0 Å². The summed E-state index contributed by atoms with van der Waals surface area (Å²) in [5.74, 6) is -0.111. The van der Waals surface area contributed by atoms with Gasteiger partial charge in [-0.05, 0) is 34.4 Å². The Labute approximate surface area is 105 Å². The second-order valence-electron chi connectivity index (χ2n) is 4.47. The first kappa shape index (κ1) is 11.0. The van der Waals surface area contributed by atoms with Crippen LogP contribution < -0.4 is 5.32 Å². The van der Waals surface area contributed by atoms with Crippen molar-refractivity contribution in [1.29, 1.82) is 0 Å². The molecule has 0 heterocycles. The van der Waals surface area contributed by atoms with Crippen molar-refractivity contribution in [3.8, 4) is 11.1 Å². The van der Waals surface area contributed by atoms with Gasteiger partial charge in [0.05, 0.1) is 0 Å². The Morgan fingerprint density at radius 2 is 1.83 bits per heavy atom.